The lowest BCUT2D eigenvalue weighted by Gasteiger charge is -2.32. The summed E-state index contributed by atoms with van der Waals surface area (Å²) in [5.74, 6) is -0.124. The Morgan fingerprint density at radius 2 is 1.96 bits per heavy atom. The Morgan fingerprint density at radius 1 is 1.26 bits per heavy atom. The summed E-state index contributed by atoms with van der Waals surface area (Å²) in [4.78, 5) is 15.1. The molecule has 2 aliphatic rings. The SMILES string of the molecule is CN1CCC(COC(=O)C(O)(c2ccccc2)C2CCCC2)C1. The average Bonchev–Trinajstić information content (AvgIpc) is 3.24. The summed E-state index contributed by atoms with van der Waals surface area (Å²) >= 11 is 0. The third kappa shape index (κ3) is 3.43. The molecule has 1 N–H and O–H groups in total. The van der Waals surface area contributed by atoms with E-state index in [1.54, 1.807) is 0 Å². The lowest BCUT2D eigenvalue weighted by atomic mass is 9.80. The molecule has 1 aliphatic carbocycles. The number of aliphatic hydroxyl groups is 1. The third-order valence-corrected chi connectivity index (χ3v) is 5.41. The van der Waals surface area contributed by atoms with Gasteiger partial charge in [-0.1, -0.05) is 43.2 Å². The van der Waals surface area contributed by atoms with Crippen molar-refractivity contribution in [2.75, 3.05) is 26.7 Å². The average molecular weight is 317 g/mol. The minimum absolute atomic E-state index is 0.0383. The van der Waals surface area contributed by atoms with E-state index in [4.69, 9.17) is 4.74 Å². The molecule has 2 atom stereocenters. The second kappa shape index (κ2) is 7.02. The van der Waals surface area contributed by atoms with Gasteiger partial charge in [0.1, 0.15) is 0 Å². The van der Waals surface area contributed by atoms with Gasteiger partial charge in [-0.25, -0.2) is 4.79 Å². The Bertz CT molecular complexity index is 527. The molecular formula is C19H27NO3. The zero-order valence-electron chi connectivity index (χ0n) is 13.9. The molecule has 0 spiro atoms. The van der Waals surface area contributed by atoms with Gasteiger partial charge >= 0.3 is 5.97 Å². The largest absolute Gasteiger partial charge is 0.463 e. The molecule has 0 bridgehead atoms. The van der Waals surface area contributed by atoms with Gasteiger partial charge < -0.3 is 14.7 Å². The number of rotatable bonds is 5. The first-order valence-corrected chi connectivity index (χ1v) is 8.74. The molecule has 23 heavy (non-hydrogen) atoms. The highest BCUT2D eigenvalue weighted by Gasteiger charge is 2.48. The van der Waals surface area contributed by atoms with Crippen LogP contribution in [0, 0.1) is 11.8 Å². The van der Waals surface area contributed by atoms with Gasteiger partial charge in [0.15, 0.2) is 5.60 Å². The van der Waals surface area contributed by atoms with E-state index in [9.17, 15) is 9.90 Å². The minimum atomic E-state index is -1.50. The van der Waals surface area contributed by atoms with Gasteiger partial charge in [-0.2, -0.15) is 0 Å². The number of ether oxygens (including phenoxy) is 1. The number of carbonyl (C=O) groups excluding carboxylic acids is 1. The maximum atomic E-state index is 12.8. The maximum absolute atomic E-state index is 12.8. The molecule has 0 radical (unpaired) electrons. The van der Waals surface area contributed by atoms with Crippen molar-refractivity contribution >= 4 is 5.97 Å². The molecule has 1 saturated heterocycles. The normalized spacial score (nSPS) is 25.4. The van der Waals surface area contributed by atoms with Crippen LogP contribution >= 0.6 is 0 Å². The summed E-state index contributed by atoms with van der Waals surface area (Å²) < 4.78 is 5.59. The van der Waals surface area contributed by atoms with Crippen molar-refractivity contribution < 1.29 is 14.6 Å². The van der Waals surface area contributed by atoms with Crippen LogP contribution in [-0.2, 0) is 15.1 Å². The fourth-order valence-corrected chi connectivity index (χ4v) is 4.02. The van der Waals surface area contributed by atoms with Crippen LogP contribution in [0.25, 0.3) is 0 Å². The van der Waals surface area contributed by atoms with Crippen molar-refractivity contribution in [1.29, 1.82) is 0 Å². The molecule has 0 aromatic heterocycles. The highest BCUT2D eigenvalue weighted by molar-refractivity contribution is 5.81. The first-order chi connectivity index (χ1) is 11.1. The number of benzene rings is 1. The molecular weight excluding hydrogens is 290 g/mol. The predicted molar refractivity (Wildman–Crippen MR) is 88.9 cm³/mol. The van der Waals surface area contributed by atoms with E-state index in [1.807, 2.05) is 30.3 Å². The molecule has 1 aromatic carbocycles. The summed E-state index contributed by atoms with van der Waals surface area (Å²) in [6.07, 6.45) is 4.96. The molecule has 2 unspecified atom stereocenters. The number of hydrogen-bond donors (Lipinski definition) is 1. The molecule has 1 aliphatic heterocycles. The molecule has 2 fully saturated rings. The zero-order chi connectivity index (χ0) is 16.3. The van der Waals surface area contributed by atoms with Gasteiger partial charge in [-0.05, 0) is 38.4 Å². The van der Waals surface area contributed by atoms with Gasteiger partial charge in [0.2, 0.25) is 0 Å². The fraction of sp³-hybridized carbons (Fsp3) is 0.632. The molecule has 1 heterocycles. The van der Waals surface area contributed by atoms with Crippen molar-refractivity contribution in [3.63, 3.8) is 0 Å². The van der Waals surface area contributed by atoms with Crippen LogP contribution in [0.5, 0.6) is 0 Å². The molecule has 4 nitrogen and oxygen atoms in total. The van der Waals surface area contributed by atoms with Crippen LogP contribution in [-0.4, -0.2) is 42.7 Å². The minimum Gasteiger partial charge on any atom is -0.463 e. The van der Waals surface area contributed by atoms with E-state index in [2.05, 4.69) is 11.9 Å². The van der Waals surface area contributed by atoms with Crippen LogP contribution in [0.4, 0.5) is 0 Å². The van der Waals surface area contributed by atoms with Crippen molar-refractivity contribution in [3.8, 4) is 0 Å². The van der Waals surface area contributed by atoms with Crippen LogP contribution in [0.2, 0.25) is 0 Å². The van der Waals surface area contributed by atoms with E-state index in [1.165, 1.54) is 0 Å². The highest BCUT2D eigenvalue weighted by atomic mass is 16.5. The molecule has 0 amide bonds. The zero-order valence-corrected chi connectivity index (χ0v) is 13.9. The molecule has 1 aromatic rings. The third-order valence-electron chi connectivity index (χ3n) is 5.41. The molecule has 126 valence electrons. The summed E-state index contributed by atoms with van der Waals surface area (Å²) in [5, 5.41) is 11.3. The van der Waals surface area contributed by atoms with E-state index >= 15 is 0 Å². The topological polar surface area (TPSA) is 49.8 Å². The number of carbonyl (C=O) groups is 1. The van der Waals surface area contributed by atoms with Crippen molar-refractivity contribution in [2.45, 2.75) is 37.7 Å². The maximum Gasteiger partial charge on any atom is 0.343 e. The van der Waals surface area contributed by atoms with Crippen molar-refractivity contribution in [1.82, 2.24) is 4.90 Å². The smallest absolute Gasteiger partial charge is 0.343 e. The first kappa shape index (κ1) is 16.5. The standard InChI is InChI=1S/C19H27NO3/c1-20-12-11-15(13-20)14-23-18(21)19(22,17-9-5-6-10-17)16-7-3-2-4-8-16/h2-4,7-8,15,17,22H,5-6,9-14H2,1H3. The van der Waals surface area contributed by atoms with E-state index in [0.29, 0.717) is 18.1 Å². The Labute approximate surface area is 138 Å². The number of hydrogen-bond acceptors (Lipinski definition) is 4. The molecule has 4 heteroatoms. The van der Waals surface area contributed by atoms with Gasteiger partial charge in [-0.3, -0.25) is 0 Å². The summed E-state index contributed by atoms with van der Waals surface area (Å²) in [6, 6.07) is 9.31. The fourth-order valence-electron chi connectivity index (χ4n) is 4.02. The Morgan fingerprint density at radius 3 is 2.57 bits per heavy atom. The van der Waals surface area contributed by atoms with Gasteiger partial charge in [0, 0.05) is 18.4 Å². The lowest BCUT2D eigenvalue weighted by Crippen LogP contribution is -2.44. The highest BCUT2D eigenvalue weighted by Crippen LogP contribution is 2.41. The van der Waals surface area contributed by atoms with Crippen LogP contribution in [0.1, 0.15) is 37.7 Å². The van der Waals surface area contributed by atoms with Crippen LogP contribution in [0.15, 0.2) is 30.3 Å². The quantitative estimate of drug-likeness (QED) is 0.848. The van der Waals surface area contributed by atoms with Gasteiger partial charge in [0.25, 0.3) is 0 Å². The molecule has 1 saturated carbocycles. The predicted octanol–water partition coefficient (Wildman–Crippen LogP) is 2.56. The second-order valence-electron chi connectivity index (χ2n) is 7.13. The van der Waals surface area contributed by atoms with Crippen LogP contribution in [0.3, 0.4) is 0 Å². The Hall–Kier alpha value is -1.39. The Balaban J connectivity index is 1.73. The Kier molecular flexibility index (Phi) is 5.02. The number of likely N-dealkylation sites (tertiary alicyclic amines) is 1. The van der Waals surface area contributed by atoms with Crippen molar-refractivity contribution in [3.05, 3.63) is 35.9 Å². The monoisotopic (exact) mass is 317 g/mol. The second-order valence-corrected chi connectivity index (χ2v) is 7.13. The number of nitrogens with zero attached hydrogens (tertiary/aromatic N) is 1. The van der Waals surface area contributed by atoms with E-state index in [-0.39, 0.29) is 5.92 Å². The lowest BCUT2D eigenvalue weighted by molar-refractivity contribution is -0.175. The van der Waals surface area contributed by atoms with Gasteiger partial charge in [0.05, 0.1) is 6.61 Å². The van der Waals surface area contributed by atoms with E-state index < -0.39 is 11.6 Å². The summed E-state index contributed by atoms with van der Waals surface area (Å²) in [5.41, 5.74) is -0.831. The van der Waals surface area contributed by atoms with E-state index in [0.717, 1.165) is 45.2 Å². The van der Waals surface area contributed by atoms with Crippen LogP contribution < -0.4 is 0 Å². The van der Waals surface area contributed by atoms with Gasteiger partial charge in [-0.15, -0.1) is 0 Å². The summed E-state index contributed by atoms with van der Waals surface area (Å²) in [6.45, 7) is 2.42. The number of esters is 1. The van der Waals surface area contributed by atoms with Crippen molar-refractivity contribution in [2.24, 2.45) is 11.8 Å². The first-order valence-electron chi connectivity index (χ1n) is 8.74. The molecule has 3 rings (SSSR count). The summed E-state index contributed by atoms with van der Waals surface area (Å²) in [7, 11) is 2.08.